The molecule has 0 aromatic carbocycles. The molecule has 0 amide bonds. The highest BCUT2D eigenvalue weighted by atomic mass is 79.9. The van der Waals surface area contributed by atoms with Gasteiger partial charge < -0.3 is 0 Å². The Morgan fingerprint density at radius 1 is 1.25 bits per heavy atom. The molecule has 0 N–H and O–H groups in total. The van der Waals surface area contributed by atoms with Crippen LogP contribution in [0.25, 0.3) is 0 Å². The first-order chi connectivity index (χ1) is 3.88. The van der Waals surface area contributed by atoms with Crippen molar-refractivity contribution in [3.63, 3.8) is 0 Å². The molecule has 8 heavy (non-hydrogen) atoms. The van der Waals surface area contributed by atoms with Crippen molar-refractivity contribution in [2.24, 2.45) is 11.8 Å². The zero-order valence-corrected chi connectivity index (χ0v) is 6.52. The maximum absolute atomic E-state index is 3.70. The monoisotopic (exact) mass is 174 g/mol. The molecule has 2 fully saturated rings. The lowest BCUT2D eigenvalue weighted by atomic mass is 10.0. The molecule has 46 valence electrons. The molecule has 0 aliphatic heterocycles. The van der Waals surface area contributed by atoms with Crippen molar-refractivity contribution in [1.82, 2.24) is 0 Å². The van der Waals surface area contributed by atoms with Crippen molar-refractivity contribution in [3.8, 4) is 0 Å². The van der Waals surface area contributed by atoms with E-state index in [4.69, 9.17) is 0 Å². The molecule has 0 bridgehead atoms. The van der Waals surface area contributed by atoms with Gasteiger partial charge in [0.2, 0.25) is 0 Å². The number of fused-ring (bicyclic) bond motifs is 1. The van der Waals surface area contributed by atoms with Gasteiger partial charge in [-0.25, -0.2) is 0 Å². The predicted octanol–water partition coefficient (Wildman–Crippen LogP) is 2.57. The summed E-state index contributed by atoms with van der Waals surface area (Å²) < 4.78 is 0. The Balaban J connectivity index is 1.99. The normalized spacial score (nSPS) is 52.9. The second kappa shape index (κ2) is 1.73. The fraction of sp³-hybridized carbons (Fsp3) is 1.00. The zero-order valence-electron chi connectivity index (χ0n) is 4.94. The van der Waals surface area contributed by atoms with Crippen LogP contribution in [0.5, 0.6) is 0 Å². The Labute approximate surface area is 58.8 Å². The summed E-state index contributed by atoms with van der Waals surface area (Å²) in [6.07, 6.45) is 5.95. The van der Waals surface area contributed by atoms with Crippen molar-refractivity contribution in [2.45, 2.75) is 30.5 Å². The third kappa shape index (κ3) is 0.717. The summed E-state index contributed by atoms with van der Waals surface area (Å²) in [7, 11) is 0. The minimum Gasteiger partial charge on any atom is -0.0888 e. The van der Waals surface area contributed by atoms with Crippen molar-refractivity contribution >= 4 is 15.9 Å². The van der Waals surface area contributed by atoms with E-state index in [1.165, 1.54) is 25.7 Å². The molecule has 0 saturated heterocycles. The highest BCUT2D eigenvalue weighted by Gasteiger charge is 2.43. The van der Waals surface area contributed by atoms with Gasteiger partial charge in [-0.15, -0.1) is 0 Å². The summed E-state index contributed by atoms with van der Waals surface area (Å²) >= 11 is 3.70. The van der Waals surface area contributed by atoms with E-state index in [1.807, 2.05) is 0 Å². The van der Waals surface area contributed by atoms with E-state index in [2.05, 4.69) is 15.9 Å². The quantitative estimate of drug-likeness (QED) is 0.496. The molecule has 2 aliphatic carbocycles. The van der Waals surface area contributed by atoms with E-state index >= 15 is 0 Å². The summed E-state index contributed by atoms with van der Waals surface area (Å²) in [6, 6.07) is 0. The third-order valence-electron chi connectivity index (χ3n) is 2.50. The topological polar surface area (TPSA) is 0 Å². The van der Waals surface area contributed by atoms with Crippen LogP contribution >= 0.6 is 15.9 Å². The van der Waals surface area contributed by atoms with Crippen LogP contribution in [0.2, 0.25) is 0 Å². The van der Waals surface area contributed by atoms with Gasteiger partial charge in [0.05, 0.1) is 0 Å². The standard InChI is InChI=1S/C7H11Br/c8-7-3-1-2-5-4-6(5)7/h5-7H,1-4H2. The van der Waals surface area contributed by atoms with Crippen LogP contribution in [-0.2, 0) is 0 Å². The Bertz CT molecular complexity index is 101. The van der Waals surface area contributed by atoms with Crippen LogP contribution in [0.1, 0.15) is 25.7 Å². The second-order valence-electron chi connectivity index (χ2n) is 3.11. The van der Waals surface area contributed by atoms with Gasteiger partial charge in [-0.1, -0.05) is 28.8 Å². The summed E-state index contributed by atoms with van der Waals surface area (Å²) in [5.74, 6) is 2.22. The van der Waals surface area contributed by atoms with Crippen molar-refractivity contribution < 1.29 is 0 Å². The lowest BCUT2D eigenvalue weighted by Crippen LogP contribution is -2.07. The number of rotatable bonds is 0. The molecular weight excluding hydrogens is 164 g/mol. The first kappa shape index (κ1) is 5.28. The molecule has 0 spiro atoms. The van der Waals surface area contributed by atoms with Crippen LogP contribution in [0.4, 0.5) is 0 Å². The van der Waals surface area contributed by atoms with E-state index in [0.29, 0.717) is 0 Å². The number of halogens is 1. The van der Waals surface area contributed by atoms with Crippen LogP contribution < -0.4 is 0 Å². The van der Waals surface area contributed by atoms with Crippen LogP contribution in [-0.4, -0.2) is 4.83 Å². The zero-order chi connectivity index (χ0) is 5.56. The molecule has 2 rings (SSSR count). The average molecular weight is 175 g/mol. The van der Waals surface area contributed by atoms with E-state index in [1.54, 1.807) is 0 Å². The van der Waals surface area contributed by atoms with Crippen LogP contribution in [0.15, 0.2) is 0 Å². The van der Waals surface area contributed by atoms with Gasteiger partial charge in [0, 0.05) is 4.83 Å². The van der Waals surface area contributed by atoms with Gasteiger partial charge in [-0.3, -0.25) is 0 Å². The van der Waals surface area contributed by atoms with Gasteiger partial charge in [0.15, 0.2) is 0 Å². The summed E-state index contributed by atoms with van der Waals surface area (Å²) in [6.45, 7) is 0. The van der Waals surface area contributed by atoms with Gasteiger partial charge in [0.25, 0.3) is 0 Å². The summed E-state index contributed by atoms with van der Waals surface area (Å²) in [5.41, 5.74) is 0. The second-order valence-corrected chi connectivity index (χ2v) is 4.28. The maximum Gasteiger partial charge on any atom is 0.0176 e. The molecule has 2 saturated carbocycles. The fourth-order valence-corrected chi connectivity index (χ4v) is 2.81. The van der Waals surface area contributed by atoms with Crippen LogP contribution in [0, 0.1) is 11.8 Å². The Morgan fingerprint density at radius 2 is 2.12 bits per heavy atom. The van der Waals surface area contributed by atoms with Gasteiger partial charge >= 0.3 is 0 Å². The van der Waals surface area contributed by atoms with E-state index in [0.717, 1.165) is 16.7 Å². The molecule has 2 aliphatic rings. The highest BCUT2D eigenvalue weighted by Crippen LogP contribution is 2.52. The minimum atomic E-state index is 0.890. The first-order valence-electron chi connectivity index (χ1n) is 3.52. The molecule has 0 heterocycles. The van der Waals surface area contributed by atoms with Gasteiger partial charge in [-0.2, -0.15) is 0 Å². The third-order valence-corrected chi connectivity index (χ3v) is 3.63. The molecule has 0 nitrogen and oxygen atoms in total. The van der Waals surface area contributed by atoms with Crippen LogP contribution in [0.3, 0.4) is 0 Å². The number of hydrogen-bond donors (Lipinski definition) is 0. The lowest BCUT2D eigenvalue weighted by molar-refractivity contribution is 0.497. The molecule has 0 aromatic heterocycles. The maximum atomic E-state index is 3.70. The molecule has 3 unspecified atom stereocenters. The molecule has 0 aromatic rings. The Kier molecular flexibility index (Phi) is 1.14. The van der Waals surface area contributed by atoms with Crippen molar-refractivity contribution in [2.75, 3.05) is 0 Å². The van der Waals surface area contributed by atoms with Gasteiger partial charge in [-0.05, 0) is 24.7 Å². The summed E-state index contributed by atoms with van der Waals surface area (Å²) in [5, 5.41) is 0. The predicted molar refractivity (Wildman–Crippen MR) is 38.2 cm³/mol. The molecule has 0 radical (unpaired) electrons. The number of hydrogen-bond acceptors (Lipinski definition) is 0. The lowest BCUT2D eigenvalue weighted by Gasteiger charge is -2.13. The molecule has 3 atom stereocenters. The minimum absolute atomic E-state index is 0.890. The Morgan fingerprint density at radius 3 is 2.75 bits per heavy atom. The van der Waals surface area contributed by atoms with Crippen molar-refractivity contribution in [3.05, 3.63) is 0 Å². The van der Waals surface area contributed by atoms with E-state index in [-0.39, 0.29) is 0 Å². The fourth-order valence-electron chi connectivity index (χ4n) is 1.84. The van der Waals surface area contributed by atoms with E-state index in [9.17, 15) is 0 Å². The SMILES string of the molecule is BrC1CCCC2CC12. The molecular formula is C7H11Br. The number of alkyl halides is 1. The first-order valence-corrected chi connectivity index (χ1v) is 4.43. The largest absolute Gasteiger partial charge is 0.0888 e. The van der Waals surface area contributed by atoms with Gasteiger partial charge in [0.1, 0.15) is 0 Å². The smallest absolute Gasteiger partial charge is 0.0176 e. The summed E-state index contributed by atoms with van der Waals surface area (Å²) in [4.78, 5) is 0.890. The highest BCUT2D eigenvalue weighted by molar-refractivity contribution is 9.09. The molecule has 1 heteroatoms. The van der Waals surface area contributed by atoms with Crippen molar-refractivity contribution in [1.29, 1.82) is 0 Å². The average Bonchev–Trinajstić information content (AvgIpc) is 2.45. The Hall–Kier alpha value is 0.480. The van der Waals surface area contributed by atoms with E-state index < -0.39 is 0 Å².